The third kappa shape index (κ3) is 2.51. The molecule has 1 aromatic heterocycles. The molecule has 0 unspecified atom stereocenters. The Kier molecular flexibility index (Phi) is 4.06. The van der Waals surface area contributed by atoms with E-state index in [1.54, 1.807) is 0 Å². The lowest BCUT2D eigenvalue weighted by Gasteiger charge is -2.31. The van der Waals surface area contributed by atoms with E-state index in [-0.39, 0.29) is 0 Å². The number of hydrogen-bond acceptors (Lipinski definition) is 6. The van der Waals surface area contributed by atoms with Gasteiger partial charge in [-0.3, -0.25) is 0 Å². The minimum Gasteiger partial charge on any atom is -0.349 e. The standard InChI is InChI=1S/C12H20N4S2/c1-2-9-17-12-11(13-18-14-12)16-8-7-15-5-3-10(16)4-6-15/h10H,2-9H2,1H3. The SMILES string of the molecule is CCCSc1nsnc1N1CCN2CCC1CC2. The Morgan fingerprint density at radius 1 is 1.22 bits per heavy atom. The first-order valence-corrected chi connectivity index (χ1v) is 8.54. The first kappa shape index (κ1) is 12.7. The molecular formula is C12H20N4S2. The van der Waals surface area contributed by atoms with Crippen molar-refractivity contribution in [2.24, 2.45) is 0 Å². The average Bonchev–Trinajstić information content (AvgIpc) is 2.67. The molecule has 0 radical (unpaired) electrons. The first-order valence-electron chi connectivity index (χ1n) is 6.83. The highest BCUT2D eigenvalue weighted by molar-refractivity contribution is 7.99. The van der Waals surface area contributed by atoms with E-state index in [1.807, 2.05) is 11.8 Å². The van der Waals surface area contributed by atoms with Gasteiger partial charge in [-0.15, -0.1) is 11.8 Å². The predicted octanol–water partition coefficient (Wildman–Crippen LogP) is 2.32. The summed E-state index contributed by atoms with van der Waals surface area (Å²) in [4.78, 5) is 5.10. The molecule has 3 aliphatic rings. The molecule has 0 atom stereocenters. The van der Waals surface area contributed by atoms with Crippen LogP contribution in [0.1, 0.15) is 26.2 Å². The number of aromatic nitrogens is 2. The summed E-state index contributed by atoms with van der Waals surface area (Å²) in [5.74, 6) is 2.30. The van der Waals surface area contributed by atoms with Crippen LogP contribution < -0.4 is 4.90 Å². The third-order valence-electron chi connectivity index (χ3n) is 3.81. The average molecular weight is 284 g/mol. The van der Waals surface area contributed by atoms with Gasteiger partial charge in [-0.1, -0.05) is 6.92 Å². The highest BCUT2D eigenvalue weighted by Gasteiger charge is 2.31. The fourth-order valence-corrected chi connectivity index (χ4v) is 4.33. The van der Waals surface area contributed by atoms with Crippen molar-refractivity contribution in [2.45, 2.75) is 37.3 Å². The van der Waals surface area contributed by atoms with Crippen LogP contribution in [-0.2, 0) is 0 Å². The van der Waals surface area contributed by atoms with E-state index in [4.69, 9.17) is 0 Å². The lowest BCUT2D eigenvalue weighted by atomic mass is 10.1. The molecule has 0 aromatic carbocycles. The maximum atomic E-state index is 4.57. The second kappa shape index (κ2) is 5.75. The van der Waals surface area contributed by atoms with Crippen molar-refractivity contribution in [3.8, 4) is 0 Å². The van der Waals surface area contributed by atoms with Crippen LogP contribution in [0.4, 0.5) is 5.82 Å². The van der Waals surface area contributed by atoms with Crippen LogP contribution >= 0.6 is 23.5 Å². The van der Waals surface area contributed by atoms with Crippen molar-refractivity contribution in [2.75, 3.05) is 36.8 Å². The topological polar surface area (TPSA) is 32.3 Å². The van der Waals surface area contributed by atoms with E-state index in [2.05, 4.69) is 25.5 Å². The molecule has 0 saturated carbocycles. The summed E-state index contributed by atoms with van der Waals surface area (Å²) in [6, 6.07) is 0.689. The Bertz CT molecular complexity index is 387. The predicted molar refractivity (Wildman–Crippen MR) is 77.7 cm³/mol. The number of hydrogen-bond donors (Lipinski definition) is 0. The van der Waals surface area contributed by atoms with Gasteiger partial charge in [0.05, 0.1) is 11.7 Å². The van der Waals surface area contributed by atoms with Gasteiger partial charge in [0, 0.05) is 32.2 Å². The van der Waals surface area contributed by atoms with Crippen molar-refractivity contribution in [3.05, 3.63) is 0 Å². The Labute approximate surface area is 117 Å². The van der Waals surface area contributed by atoms with E-state index >= 15 is 0 Å². The second-order valence-corrected chi connectivity index (χ2v) is 6.62. The van der Waals surface area contributed by atoms with Gasteiger partial charge in [0.1, 0.15) is 0 Å². The Morgan fingerprint density at radius 2 is 2.06 bits per heavy atom. The molecule has 3 fully saturated rings. The molecule has 3 aliphatic heterocycles. The maximum absolute atomic E-state index is 4.57. The minimum atomic E-state index is 0.689. The molecule has 4 heterocycles. The van der Waals surface area contributed by atoms with Crippen LogP contribution in [0.15, 0.2) is 5.03 Å². The summed E-state index contributed by atoms with van der Waals surface area (Å²) in [7, 11) is 0. The summed E-state index contributed by atoms with van der Waals surface area (Å²) < 4.78 is 9.05. The lowest BCUT2D eigenvalue weighted by Crippen LogP contribution is -2.38. The third-order valence-corrected chi connectivity index (χ3v) is 5.61. The van der Waals surface area contributed by atoms with E-state index < -0.39 is 0 Å². The van der Waals surface area contributed by atoms with Crippen LogP contribution in [-0.4, -0.2) is 51.6 Å². The summed E-state index contributed by atoms with van der Waals surface area (Å²) in [5, 5.41) is 1.15. The molecule has 6 heteroatoms. The number of anilines is 1. The van der Waals surface area contributed by atoms with Gasteiger partial charge in [-0.25, -0.2) is 0 Å². The van der Waals surface area contributed by atoms with Gasteiger partial charge in [-0.05, 0) is 25.0 Å². The molecule has 2 bridgehead atoms. The van der Waals surface area contributed by atoms with E-state index in [0.29, 0.717) is 6.04 Å². The van der Waals surface area contributed by atoms with Crippen LogP contribution in [0.2, 0.25) is 0 Å². The zero-order valence-corrected chi connectivity index (χ0v) is 12.5. The van der Waals surface area contributed by atoms with Gasteiger partial charge in [-0.2, -0.15) is 8.75 Å². The Balaban J connectivity index is 1.78. The molecule has 4 nitrogen and oxygen atoms in total. The van der Waals surface area contributed by atoms with Gasteiger partial charge >= 0.3 is 0 Å². The summed E-state index contributed by atoms with van der Waals surface area (Å²) in [6.07, 6.45) is 3.77. The second-order valence-electron chi connectivity index (χ2n) is 5.01. The van der Waals surface area contributed by atoms with E-state index in [9.17, 15) is 0 Å². The van der Waals surface area contributed by atoms with Crippen molar-refractivity contribution in [3.63, 3.8) is 0 Å². The minimum absolute atomic E-state index is 0.689. The molecule has 100 valence electrons. The highest BCUT2D eigenvalue weighted by Crippen LogP contribution is 2.33. The molecule has 1 aromatic rings. The molecule has 18 heavy (non-hydrogen) atoms. The number of piperidine rings is 1. The van der Waals surface area contributed by atoms with Crippen molar-refractivity contribution >= 4 is 29.3 Å². The molecule has 0 amide bonds. The quantitative estimate of drug-likeness (QED) is 0.792. The van der Waals surface area contributed by atoms with Crippen molar-refractivity contribution < 1.29 is 0 Å². The molecule has 4 rings (SSSR count). The van der Waals surface area contributed by atoms with Crippen molar-refractivity contribution in [1.82, 2.24) is 13.6 Å². The largest absolute Gasteiger partial charge is 0.349 e. The van der Waals surface area contributed by atoms with Crippen LogP contribution in [0, 0.1) is 0 Å². The lowest BCUT2D eigenvalue weighted by molar-refractivity contribution is 0.250. The molecular weight excluding hydrogens is 264 g/mol. The van der Waals surface area contributed by atoms with Gasteiger partial charge < -0.3 is 9.80 Å². The van der Waals surface area contributed by atoms with Crippen molar-refractivity contribution in [1.29, 1.82) is 0 Å². The monoisotopic (exact) mass is 284 g/mol. The van der Waals surface area contributed by atoms with Gasteiger partial charge in [0.25, 0.3) is 0 Å². The molecule has 0 aliphatic carbocycles. The van der Waals surface area contributed by atoms with E-state index in [0.717, 1.165) is 23.1 Å². The number of thioether (sulfide) groups is 1. The zero-order chi connectivity index (χ0) is 12.4. The number of rotatable bonds is 4. The highest BCUT2D eigenvalue weighted by atomic mass is 32.2. The van der Waals surface area contributed by atoms with E-state index in [1.165, 1.54) is 50.6 Å². The van der Waals surface area contributed by atoms with Crippen LogP contribution in [0.5, 0.6) is 0 Å². The smallest absolute Gasteiger partial charge is 0.177 e. The molecule has 3 saturated heterocycles. The van der Waals surface area contributed by atoms with Gasteiger partial charge in [0.2, 0.25) is 0 Å². The first-order chi connectivity index (χ1) is 8.88. The van der Waals surface area contributed by atoms with Gasteiger partial charge in [0.15, 0.2) is 10.8 Å². The summed E-state index contributed by atoms with van der Waals surface area (Å²) >= 11 is 3.23. The fourth-order valence-electron chi connectivity index (χ4n) is 2.81. The number of fused-ring (bicyclic) bond motifs is 4. The summed E-state index contributed by atoms with van der Waals surface area (Å²) in [6.45, 7) is 7.04. The fraction of sp³-hybridized carbons (Fsp3) is 0.833. The normalized spacial score (nSPS) is 27.5. The number of nitrogens with zero attached hydrogens (tertiary/aromatic N) is 4. The Morgan fingerprint density at radius 3 is 2.83 bits per heavy atom. The Hall–Kier alpha value is -0.330. The molecule has 0 N–H and O–H groups in total. The zero-order valence-electron chi connectivity index (χ0n) is 10.8. The van der Waals surface area contributed by atoms with Crippen LogP contribution in [0.3, 0.4) is 0 Å². The van der Waals surface area contributed by atoms with Crippen LogP contribution in [0.25, 0.3) is 0 Å². The summed E-state index contributed by atoms with van der Waals surface area (Å²) in [5.41, 5.74) is 0. The maximum Gasteiger partial charge on any atom is 0.177 e. The molecule has 0 spiro atoms.